The molecule has 0 bridgehead atoms. The van der Waals surface area contributed by atoms with Crippen molar-refractivity contribution >= 4 is 19.8 Å². The number of aliphatic hydroxyl groups is 2. The van der Waals surface area contributed by atoms with Crippen LogP contribution in [0.15, 0.2) is 48.6 Å². The number of phosphoric acid groups is 1. The van der Waals surface area contributed by atoms with Crippen molar-refractivity contribution in [1.29, 1.82) is 0 Å². The minimum atomic E-state index is -4.44. The van der Waals surface area contributed by atoms with Gasteiger partial charge in [0.05, 0.1) is 25.4 Å². The van der Waals surface area contributed by atoms with E-state index < -0.39 is 44.7 Å². The second kappa shape index (κ2) is 35.9. The Hall–Kier alpha value is -2.11. The summed E-state index contributed by atoms with van der Waals surface area (Å²) in [5.74, 6) is -1.07. The largest absolute Gasteiger partial charge is 0.472 e. The topological polar surface area (TPSA) is 175 Å². The molecule has 0 radical (unpaired) electrons. The van der Waals surface area contributed by atoms with Crippen LogP contribution >= 0.6 is 7.82 Å². The zero-order valence-corrected chi connectivity index (χ0v) is 33.1. The Morgan fingerprint density at radius 2 is 1.23 bits per heavy atom. The summed E-state index contributed by atoms with van der Waals surface area (Å²) >= 11 is 0. The molecule has 0 fully saturated rings. The van der Waals surface area contributed by atoms with Gasteiger partial charge in [-0.3, -0.25) is 18.6 Å². The predicted octanol–water partition coefficient (Wildman–Crippen LogP) is 8.71. The minimum absolute atomic E-state index is 0.0128. The number of rotatable bonds is 36. The van der Waals surface area contributed by atoms with Crippen LogP contribution in [0.3, 0.4) is 0 Å². The van der Waals surface area contributed by atoms with Gasteiger partial charge in [0, 0.05) is 19.4 Å². The Kier molecular flexibility index (Phi) is 34.4. The van der Waals surface area contributed by atoms with Crippen molar-refractivity contribution in [3.63, 3.8) is 0 Å². The van der Waals surface area contributed by atoms with Gasteiger partial charge in [-0.15, -0.1) is 0 Å². The molecule has 12 heteroatoms. The second-order valence-electron chi connectivity index (χ2n) is 13.2. The lowest BCUT2D eigenvalue weighted by molar-refractivity contribution is -0.161. The summed E-state index contributed by atoms with van der Waals surface area (Å²) in [7, 11) is -4.44. The molecule has 0 aromatic heterocycles. The lowest BCUT2D eigenvalue weighted by Gasteiger charge is -2.20. The average molecular weight is 758 g/mol. The minimum Gasteiger partial charge on any atom is -0.462 e. The smallest absolute Gasteiger partial charge is 0.462 e. The fourth-order valence-electron chi connectivity index (χ4n) is 5.12. The van der Waals surface area contributed by atoms with E-state index in [1.165, 1.54) is 70.6 Å². The van der Waals surface area contributed by atoms with Crippen molar-refractivity contribution in [2.24, 2.45) is 5.73 Å². The van der Waals surface area contributed by atoms with Crippen molar-refractivity contribution in [2.45, 2.75) is 167 Å². The molecule has 1 unspecified atom stereocenters. The van der Waals surface area contributed by atoms with Crippen molar-refractivity contribution in [3.8, 4) is 0 Å². The van der Waals surface area contributed by atoms with Crippen molar-refractivity contribution in [3.05, 3.63) is 48.6 Å². The van der Waals surface area contributed by atoms with Gasteiger partial charge in [-0.25, -0.2) is 4.57 Å². The van der Waals surface area contributed by atoms with Gasteiger partial charge in [-0.05, 0) is 38.5 Å². The molecule has 0 amide bonds. The number of hydrogen-bond acceptors (Lipinski definition) is 10. The number of esters is 2. The first-order valence-electron chi connectivity index (χ1n) is 19.8. The summed E-state index contributed by atoms with van der Waals surface area (Å²) in [4.78, 5) is 34.7. The van der Waals surface area contributed by atoms with E-state index in [0.717, 1.165) is 25.7 Å². The quantitative estimate of drug-likeness (QED) is 0.0158. The molecule has 0 aliphatic carbocycles. The standard InChI is InChI=1S/C40H72NO10P/c1-3-5-7-9-11-12-13-14-15-16-18-24-30-39(44)48-34-38(35-50-52(46,47)49-33-32-41)51-40(45)31-25-29-37(43)28-23-20-19-22-27-36(42)26-21-17-10-8-6-4-2/h17,19-23,27-28,36-38,42-43H,3-16,18,24-26,29-35,41H2,1-2H3,(H,46,47)/b20-19+,21-17-,27-22+,28-23-/t36-,37-,38+/m0/s1. The molecule has 5 N–H and O–H groups in total. The number of aliphatic hydroxyl groups excluding tert-OH is 2. The van der Waals surface area contributed by atoms with E-state index in [4.69, 9.17) is 24.3 Å². The number of unbranched alkanes of at least 4 members (excludes halogenated alkanes) is 14. The maximum atomic E-state index is 12.5. The molecule has 0 saturated carbocycles. The van der Waals surface area contributed by atoms with Gasteiger partial charge < -0.3 is 30.3 Å². The summed E-state index contributed by atoms with van der Waals surface area (Å²) in [5, 5.41) is 20.2. The first kappa shape index (κ1) is 49.9. The summed E-state index contributed by atoms with van der Waals surface area (Å²) in [5.41, 5.74) is 5.32. The van der Waals surface area contributed by atoms with Crippen LogP contribution in [-0.4, -0.2) is 71.7 Å². The average Bonchev–Trinajstić information content (AvgIpc) is 3.12. The molecule has 0 saturated heterocycles. The van der Waals surface area contributed by atoms with Crippen LogP contribution in [0.1, 0.15) is 149 Å². The van der Waals surface area contributed by atoms with Crippen LogP contribution in [0.5, 0.6) is 0 Å². The van der Waals surface area contributed by atoms with E-state index in [1.54, 1.807) is 36.5 Å². The summed E-state index contributed by atoms with van der Waals surface area (Å²) in [6.45, 7) is 3.36. The van der Waals surface area contributed by atoms with Crippen LogP contribution in [0.25, 0.3) is 0 Å². The molecular weight excluding hydrogens is 685 g/mol. The van der Waals surface area contributed by atoms with Gasteiger partial charge in [0.25, 0.3) is 0 Å². The summed E-state index contributed by atoms with van der Waals surface area (Å²) in [6.07, 6.45) is 32.0. The molecule has 0 aliphatic heterocycles. The molecule has 0 aromatic carbocycles. The Bertz CT molecular complexity index is 1030. The van der Waals surface area contributed by atoms with E-state index in [9.17, 15) is 29.3 Å². The fraction of sp³-hybridized carbons (Fsp3) is 0.750. The highest BCUT2D eigenvalue weighted by molar-refractivity contribution is 7.47. The fourth-order valence-corrected chi connectivity index (χ4v) is 5.89. The van der Waals surface area contributed by atoms with E-state index in [1.807, 2.05) is 6.08 Å². The van der Waals surface area contributed by atoms with Crippen molar-refractivity contribution in [2.75, 3.05) is 26.4 Å². The van der Waals surface area contributed by atoms with Gasteiger partial charge in [-0.1, -0.05) is 146 Å². The Balaban J connectivity index is 4.50. The van der Waals surface area contributed by atoms with E-state index in [2.05, 4.69) is 19.9 Å². The number of phosphoric ester groups is 1. The molecule has 302 valence electrons. The molecule has 0 spiro atoms. The second-order valence-corrected chi connectivity index (χ2v) is 14.7. The number of hydrogen-bond donors (Lipinski definition) is 4. The number of carbonyl (C=O) groups is 2. The van der Waals surface area contributed by atoms with Crippen molar-refractivity contribution in [1.82, 2.24) is 0 Å². The Labute approximate surface area is 314 Å². The molecule has 0 heterocycles. The number of allylic oxidation sites excluding steroid dienone is 5. The maximum absolute atomic E-state index is 12.5. The first-order valence-corrected chi connectivity index (χ1v) is 21.3. The van der Waals surface area contributed by atoms with E-state index in [-0.39, 0.29) is 32.6 Å². The van der Waals surface area contributed by atoms with Gasteiger partial charge in [0.2, 0.25) is 0 Å². The third-order valence-electron chi connectivity index (χ3n) is 8.16. The van der Waals surface area contributed by atoms with Crippen LogP contribution in [-0.2, 0) is 32.7 Å². The number of carbonyl (C=O) groups excluding carboxylic acids is 2. The molecule has 0 rings (SSSR count). The highest BCUT2D eigenvalue weighted by Crippen LogP contribution is 2.43. The Morgan fingerprint density at radius 3 is 1.85 bits per heavy atom. The van der Waals surface area contributed by atoms with Crippen LogP contribution in [0.4, 0.5) is 0 Å². The molecule has 11 nitrogen and oxygen atoms in total. The lowest BCUT2D eigenvalue weighted by atomic mass is 10.0. The van der Waals surface area contributed by atoms with Gasteiger partial charge in [0.1, 0.15) is 6.61 Å². The third-order valence-corrected chi connectivity index (χ3v) is 9.14. The first-order chi connectivity index (χ1) is 25.1. The van der Waals surface area contributed by atoms with E-state index >= 15 is 0 Å². The van der Waals surface area contributed by atoms with Crippen LogP contribution in [0.2, 0.25) is 0 Å². The maximum Gasteiger partial charge on any atom is 0.472 e. The highest BCUT2D eigenvalue weighted by Gasteiger charge is 2.26. The summed E-state index contributed by atoms with van der Waals surface area (Å²) < 4.78 is 32.5. The number of ether oxygens (including phenoxy) is 2. The molecule has 4 atom stereocenters. The zero-order chi connectivity index (χ0) is 38.5. The molecular formula is C40H72NO10P. The normalized spacial score (nSPS) is 15.1. The SMILES string of the molecule is CCCCC/C=C\C[C@H](O)/C=C/C=C/C=C\[C@H](O)CCCC(=O)O[C@H](COC(=O)CCCCCCCCCCCCCC)COP(=O)(O)OCCN. The zero-order valence-electron chi connectivity index (χ0n) is 32.3. The van der Waals surface area contributed by atoms with Gasteiger partial charge in [0.15, 0.2) is 6.10 Å². The third kappa shape index (κ3) is 34.9. The monoisotopic (exact) mass is 757 g/mol. The molecule has 0 aromatic rings. The Morgan fingerprint density at radius 1 is 0.673 bits per heavy atom. The van der Waals surface area contributed by atoms with Crippen LogP contribution in [0, 0.1) is 0 Å². The van der Waals surface area contributed by atoms with Gasteiger partial charge >= 0.3 is 19.8 Å². The predicted molar refractivity (Wildman–Crippen MR) is 209 cm³/mol. The summed E-state index contributed by atoms with van der Waals surface area (Å²) in [6, 6.07) is 0. The molecule has 52 heavy (non-hydrogen) atoms. The number of nitrogens with two attached hydrogens (primary N) is 1. The van der Waals surface area contributed by atoms with E-state index in [0.29, 0.717) is 25.7 Å². The van der Waals surface area contributed by atoms with Crippen molar-refractivity contribution < 1.29 is 47.8 Å². The van der Waals surface area contributed by atoms with Gasteiger partial charge in [-0.2, -0.15) is 0 Å². The highest BCUT2D eigenvalue weighted by atomic mass is 31.2. The molecule has 0 aliphatic rings. The van der Waals surface area contributed by atoms with Crippen LogP contribution < -0.4 is 5.73 Å². The lowest BCUT2D eigenvalue weighted by Crippen LogP contribution is -2.29.